The molecule has 0 aromatic heterocycles. The van der Waals surface area contributed by atoms with Gasteiger partial charge in [0.2, 0.25) is 0 Å². The Hall–Kier alpha value is -2.18. The Morgan fingerprint density at radius 1 is 0.848 bits per heavy atom. The second-order valence-corrected chi connectivity index (χ2v) is 15.0. The zero-order chi connectivity index (χ0) is 23.3. The molecule has 0 unspecified atom stereocenters. The van der Waals surface area contributed by atoms with Crippen molar-refractivity contribution in [2.45, 2.75) is 43.8 Å². The van der Waals surface area contributed by atoms with Crippen LogP contribution in [0.3, 0.4) is 0 Å². The first kappa shape index (κ1) is 24.0. The summed E-state index contributed by atoms with van der Waals surface area (Å²) in [5, 5.41) is 2.39. The topological polar surface area (TPSA) is 35.5 Å². The van der Waals surface area contributed by atoms with Crippen LogP contribution in [0, 0.1) is 0 Å². The second kappa shape index (κ2) is 10.4. The van der Waals surface area contributed by atoms with Crippen LogP contribution in [-0.4, -0.2) is 37.8 Å². The van der Waals surface area contributed by atoms with Crippen molar-refractivity contribution in [2.24, 2.45) is 0 Å². The number of thioether (sulfide) groups is 1. The first-order valence-corrected chi connectivity index (χ1v) is 14.4. The van der Waals surface area contributed by atoms with Gasteiger partial charge in [-0.3, -0.25) is 4.79 Å². The zero-order valence-electron chi connectivity index (χ0n) is 19.6. The van der Waals surface area contributed by atoms with Gasteiger partial charge in [0.1, 0.15) is 6.10 Å². The second-order valence-electron chi connectivity index (χ2n) is 9.51. The summed E-state index contributed by atoms with van der Waals surface area (Å²) < 4.78 is 13.2. The summed E-state index contributed by atoms with van der Waals surface area (Å²) in [6, 6.07) is 31.3. The summed E-state index contributed by atoms with van der Waals surface area (Å²) in [5.74, 6) is 0.640. The molecule has 172 valence electrons. The lowest BCUT2D eigenvalue weighted by molar-refractivity contribution is -0.128. The molecule has 1 saturated heterocycles. The van der Waals surface area contributed by atoms with Crippen LogP contribution in [0.1, 0.15) is 26.3 Å². The number of benzene rings is 3. The fourth-order valence-corrected chi connectivity index (χ4v) is 10.4. The Kier molecular flexibility index (Phi) is 7.54. The van der Waals surface area contributed by atoms with Gasteiger partial charge in [-0.2, -0.15) is 0 Å². The van der Waals surface area contributed by atoms with Crippen LogP contribution in [0.4, 0.5) is 0 Å². The van der Waals surface area contributed by atoms with E-state index in [1.54, 1.807) is 11.8 Å². The third kappa shape index (κ3) is 5.17. The molecule has 1 aliphatic rings. The smallest absolute Gasteiger partial charge is 0.261 e. The van der Waals surface area contributed by atoms with Gasteiger partial charge in [-0.1, -0.05) is 112 Å². The molecular weight excluding hydrogens is 444 g/mol. The Morgan fingerprint density at radius 3 is 1.88 bits per heavy atom. The molecule has 5 heteroatoms. The molecule has 3 aromatic carbocycles. The summed E-state index contributed by atoms with van der Waals surface area (Å²) in [4.78, 5) is 12.7. The molecule has 33 heavy (non-hydrogen) atoms. The van der Waals surface area contributed by atoms with Gasteiger partial charge in [0.15, 0.2) is 5.78 Å². The van der Waals surface area contributed by atoms with Gasteiger partial charge in [0.05, 0.1) is 17.6 Å². The highest BCUT2D eigenvalue weighted by atomic mass is 32.2. The Balaban J connectivity index is 1.61. The van der Waals surface area contributed by atoms with Crippen molar-refractivity contribution < 1.29 is 14.0 Å². The average molecular weight is 477 g/mol. The van der Waals surface area contributed by atoms with Crippen LogP contribution in [-0.2, 0) is 20.6 Å². The summed E-state index contributed by atoms with van der Waals surface area (Å²) in [6.07, 6.45) is -0.437. The Bertz CT molecular complexity index is 996. The van der Waals surface area contributed by atoms with Crippen molar-refractivity contribution in [3.63, 3.8) is 0 Å². The quantitative estimate of drug-likeness (QED) is 0.436. The number of hydrogen-bond acceptors (Lipinski definition) is 4. The molecule has 0 bridgehead atoms. The van der Waals surface area contributed by atoms with E-state index < -0.39 is 14.4 Å². The molecular formula is C28H32O3SSi. The standard InChI is InChI=1S/C28H32O3SSi/c1-28(2,3)33(23-15-9-5-10-16-23,24-17-11-6-12-18-24)31-20-26-27(25(29)21-32-26)30-19-22-13-7-4-8-14-22/h4-18,26-27H,19-21H2,1-3H3/t26-,27+/m1/s1. The molecule has 1 heterocycles. The molecule has 1 fully saturated rings. The number of rotatable bonds is 8. The van der Waals surface area contributed by atoms with E-state index in [0.29, 0.717) is 19.0 Å². The van der Waals surface area contributed by atoms with Crippen LogP contribution >= 0.6 is 11.8 Å². The fraction of sp³-hybridized carbons (Fsp3) is 0.321. The lowest BCUT2D eigenvalue weighted by atomic mass is 10.2. The van der Waals surface area contributed by atoms with Crippen LogP contribution < -0.4 is 10.4 Å². The number of carbonyl (C=O) groups is 1. The minimum Gasteiger partial charge on any atom is -0.406 e. The van der Waals surface area contributed by atoms with E-state index in [2.05, 4.69) is 81.4 Å². The molecule has 0 aliphatic carbocycles. The maximum atomic E-state index is 12.7. The first-order chi connectivity index (χ1) is 15.9. The molecule has 0 spiro atoms. The molecule has 0 N–H and O–H groups in total. The monoisotopic (exact) mass is 476 g/mol. The zero-order valence-corrected chi connectivity index (χ0v) is 21.4. The predicted octanol–water partition coefficient (Wildman–Crippen LogP) is 4.83. The van der Waals surface area contributed by atoms with Crippen molar-refractivity contribution in [3.05, 3.63) is 96.6 Å². The normalized spacial score (nSPS) is 19.1. The van der Waals surface area contributed by atoms with Crippen molar-refractivity contribution in [3.8, 4) is 0 Å². The third-order valence-electron chi connectivity index (χ3n) is 6.25. The average Bonchev–Trinajstić information content (AvgIpc) is 3.18. The molecule has 3 aromatic rings. The van der Waals surface area contributed by atoms with Crippen molar-refractivity contribution in [1.29, 1.82) is 0 Å². The Labute approximate surface area is 202 Å². The largest absolute Gasteiger partial charge is 0.406 e. The molecule has 0 radical (unpaired) electrons. The number of ether oxygens (including phenoxy) is 1. The molecule has 3 nitrogen and oxygen atoms in total. The molecule has 2 atom stereocenters. The summed E-state index contributed by atoms with van der Waals surface area (Å²) in [7, 11) is -2.64. The van der Waals surface area contributed by atoms with Gasteiger partial charge in [-0.05, 0) is 21.0 Å². The van der Waals surface area contributed by atoms with Gasteiger partial charge in [-0.25, -0.2) is 0 Å². The summed E-state index contributed by atoms with van der Waals surface area (Å²) >= 11 is 1.66. The SMILES string of the molecule is CC(C)(C)[Si](OC[C@H]1SCC(=O)[C@@H]1OCc1ccccc1)(c1ccccc1)c1ccccc1. The minimum atomic E-state index is -2.64. The Morgan fingerprint density at radius 2 is 1.36 bits per heavy atom. The van der Waals surface area contributed by atoms with Gasteiger partial charge < -0.3 is 9.16 Å². The molecule has 0 saturated carbocycles. The van der Waals surface area contributed by atoms with Crippen LogP contribution in [0.5, 0.6) is 0 Å². The minimum absolute atomic E-state index is 0.0112. The van der Waals surface area contributed by atoms with Crippen LogP contribution in [0.2, 0.25) is 5.04 Å². The van der Waals surface area contributed by atoms with Crippen molar-refractivity contribution >= 4 is 36.2 Å². The molecule has 1 aliphatic heterocycles. The van der Waals surface area contributed by atoms with E-state index in [-0.39, 0.29) is 16.1 Å². The van der Waals surface area contributed by atoms with Crippen LogP contribution in [0.25, 0.3) is 0 Å². The maximum Gasteiger partial charge on any atom is 0.261 e. The highest BCUT2D eigenvalue weighted by molar-refractivity contribution is 8.01. The molecule has 4 rings (SSSR count). The van der Waals surface area contributed by atoms with E-state index >= 15 is 0 Å². The lowest BCUT2D eigenvalue weighted by Gasteiger charge is -2.43. The predicted molar refractivity (Wildman–Crippen MR) is 140 cm³/mol. The van der Waals surface area contributed by atoms with E-state index in [1.807, 2.05) is 30.3 Å². The highest BCUT2D eigenvalue weighted by Crippen LogP contribution is 2.38. The van der Waals surface area contributed by atoms with Gasteiger partial charge >= 0.3 is 0 Å². The van der Waals surface area contributed by atoms with E-state index in [1.165, 1.54) is 10.4 Å². The first-order valence-electron chi connectivity index (χ1n) is 11.5. The van der Waals surface area contributed by atoms with Gasteiger partial charge in [0, 0.05) is 6.61 Å². The summed E-state index contributed by atoms with van der Waals surface area (Å²) in [6.45, 7) is 7.75. The number of hydrogen-bond donors (Lipinski definition) is 0. The lowest BCUT2D eigenvalue weighted by Crippen LogP contribution is -2.67. The van der Waals surface area contributed by atoms with Crippen molar-refractivity contribution in [2.75, 3.05) is 12.4 Å². The van der Waals surface area contributed by atoms with E-state index in [9.17, 15) is 4.79 Å². The van der Waals surface area contributed by atoms with Gasteiger partial charge in [-0.15, -0.1) is 11.8 Å². The highest BCUT2D eigenvalue weighted by Gasteiger charge is 2.51. The number of carbonyl (C=O) groups excluding carboxylic acids is 1. The number of Topliss-reactive ketones (excluding diaryl/α,β-unsaturated/α-hetero) is 1. The maximum absolute atomic E-state index is 12.7. The summed E-state index contributed by atoms with van der Waals surface area (Å²) in [5.41, 5.74) is 1.08. The number of ketones is 1. The third-order valence-corrected chi connectivity index (χ3v) is 12.5. The van der Waals surface area contributed by atoms with E-state index in [0.717, 1.165) is 5.56 Å². The van der Waals surface area contributed by atoms with Gasteiger partial charge in [0.25, 0.3) is 8.32 Å². The molecule has 0 amide bonds. The van der Waals surface area contributed by atoms with Crippen LogP contribution in [0.15, 0.2) is 91.0 Å². The van der Waals surface area contributed by atoms with Crippen molar-refractivity contribution in [1.82, 2.24) is 0 Å². The van der Waals surface area contributed by atoms with E-state index in [4.69, 9.17) is 9.16 Å². The fourth-order valence-electron chi connectivity index (χ4n) is 4.63.